The second-order valence-corrected chi connectivity index (χ2v) is 5.27. The van der Waals surface area contributed by atoms with Crippen molar-refractivity contribution in [3.63, 3.8) is 0 Å². The minimum absolute atomic E-state index is 0.154. The first kappa shape index (κ1) is 15.3. The predicted octanol–water partition coefficient (Wildman–Crippen LogP) is 5.58. The van der Waals surface area contributed by atoms with E-state index in [1.54, 1.807) is 48.5 Å². The molecule has 0 amide bonds. The molecule has 2 aromatic rings. The fourth-order valence-electron chi connectivity index (χ4n) is 1.45. The van der Waals surface area contributed by atoms with Gasteiger partial charge in [-0.25, -0.2) is 0 Å². The smallest absolute Gasteiger partial charge is 0.136 e. The lowest BCUT2D eigenvalue weighted by molar-refractivity contribution is 1.25. The Bertz CT molecular complexity index is 621. The molecule has 0 aromatic heterocycles. The van der Waals surface area contributed by atoms with Crippen LogP contribution in [0, 0.1) is 0 Å². The van der Waals surface area contributed by atoms with E-state index in [1.807, 2.05) is 0 Å². The summed E-state index contributed by atoms with van der Waals surface area (Å²) >= 11 is 24.1. The highest BCUT2D eigenvalue weighted by Gasteiger charge is 2.07. The highest BCUT2D eigenvalue weighted by Crippen LogP contribution is 2.20. The third-order valence-corrected chi connectivity index (χ3v) is 3.64. The quantitative estimate of drug-likeness (QED) is 0.512. The Hall–Kier alpha value is -1.06. The zero-order chi connectivity index (χ0) is 14.5. The van der Waals surface area contributed by atoms with Crippen LogP contribution in [-0.4, -0.2) is 10.3 Å². The molecule has 0 unspecified atom stereocenters. The van der Waals surface area contributed by atoms with Crippen LogP contribution < -0.4 is 0 Å². The minimum atomic E-state index is 0.154. The van der Waals surface area contributed by atoms with Crippen molar-refractivity contribution >= 4 is 56.7 Å². The lowest BCUT2D eigenvalue weighted by Crippen LogP contribution is -1.94. The zero-order valence-electron chi connectivity index (χ0n) is 10.0. The summed E-state index contributed by atoms with van der Waals surface area (Å²) in [7, 11) is 0. The second-order valence-electron chi connectivity index (χ2n) is 3.74. The van der Waals surface area contributed by atoms with E-state index >= 15 is 0 Å². The monoisotopic (exact) mass is 344 g/mol. The molecule has 0 spiro atoms. The van der Waals surface area contributed by atoms with Gasteiger partial charge in [-0.3, -0.25) is 0 Å². The molecule has 20 heavy (non-hydrogen) atoms. The average molecular weight is 346 g/mol. The molecule has 0 radical (unpaired) electrons. The molecule has 0 N–H and O–H groups in total. The molecule has 6 heteroatoms. The van der Waals surface area contributed by atoms with E-state index in [-0.39, 0.29) is 10.3 Å². The van der Waals surface area contributed by atoms with Crippen molar-refractivity contribution < 1.29 is 0 Å². The Morgan fingerprint density at radius 1 is 0.650 bits per heavy atom. The Balaban J connectivity index is 2.30. The SMILES string of the molecule is Cl/C(=N\N=C(/Cl)c1ccccc1Cl)c1ccccc1Cl. The highest BCUT2D eigenvalue weighted by atomic mass is 35.5. The van der Waals surface area contributed by atoms with Crippen molar-refractivity contribution in [3.05, 3.63) is 69.7 Å². The van der Waals surface area contributed by atoms with E-state index < -0.39 is 0 Å². The number of hydrogen-bond donors (Lipinski definition) is 0. The van der Waals surface area contributed by atoms with Crippen molar-refractivity contribution in [2.45, 2.75) is 0 Å². The molecule has 0 saturated carbocycles. The third-order valence-electron chi connectivity index (χ3n) is 2.42. The van der Waals surface area contributed by atoms with Crippen LogP contribution in [0.5, 0.6) is 0 Å². The summed E-state index contributed by atoms with van der Waals surface area (Å²) in [6, 6.07) is 14.1. The molecule has 102 valence electrons. The van der Waals surface area contributed by atoms with Gasteiger partial charge in [0.2, 0.25) is 0 Å². The maximum atomic E-state index is 6.05. The molecule has 2 aromatic carbocycles. The number of hydrogen-bond acceptors (Lipinski definition) is 2. The van der Waals surface area contributed by atoms with Gasteiger partial charge in [-0.1, -0.05) is 82.8 Å². The van der Waals surface area contributed by atoms with Gasteiger partial charge >= 0.3 is 0 Å². The molecule has 0 saturated heterocycles. The largest absolute Gasteiger partial charge is 0.160 e. The van der Waals surface area contributed by atoms with Gasteiger partial charge in [0.15, 0.2) is 10.3 Å². The Morgan fingerprint density at radius 2 is 1.00 bits per heavy atom. The molecule has 0 aliphatic carbocycles. The summed E-state index contributed by atoms with van der Waals surface area (Å²) in [4.78, 5) is 0. The maximum Gasteiger partial charge on any atom is 0.160 e. The molecule has 0 bridgehead atoms. The fourth-order valence-corrected chi connectivity index (χ4v) is 2.40. The van der Waals surface area contributed by atoms with Crippen LogP contribution in [0.2, 0.25) is 10.0 Å². The van der Waals surface area contributed by atoms with E-state index in [2.05, 4.69) is 10.2 Å². The van der Waals surface area contributed by atoms with Crippen molar-refractivity contribution in [2.75, 3.05) is 0 Å². The second kappa shape index (κ2) is 7.09. The zero-order valence-corrected chi connectivity index (χ0v) is 13.0. The topological polar surface area (TPSA) is 24.7 Å². The highest BCUT2D eigenvalue weighted by molar-refractivity contribution is 6.72. The van der Waals surface area contributed by atoms with E-state index in [9.17, 15) is 0 Å². The molecule has 0 heterocycles. The summed E-state index contributed by atoms with van der Waals surface area (Å²) in [6.45, 7) is 0. The van der Waals surface area contributed by atoms with E-state index in [0.29, 0.717) is 21.2 Å². The molecular weight excluding hydrogens is 338 g/mol. The fraction of sp³-hybridized carbons (Fsp3) is 0. The van der Waals surface area contributed by atoms with Crippen molar-refractivity contribution in [1.82, 2.24) is 0 Å². The lowest BCUT2D eigenvalue weighted by atomic mass is 10.2. The summed E-state index contributed by atoms with van der Waals surface area (Å²) in [5.74, 6) is 0. The lowest BCUT2D eigenvalue weighted by Gasteiger charge is -2.01. The van der Waals surface area contributed by atoms with Gasteiger partial charge in [0.05, 0.1) is 10.0 Å². The Morgan fingerprint density at radius 3 is 1.35 bits per heavy atom. The summed E-state index contributed by atoms with van der Waals surface area (Å²) in [5, 5.41) is 9.02. The van der Waals surface area contributed by atoms with Gasteiger partial charge in [0, 0.05) is 11.1 Å². The van der Waals surface area contributed by atoms with Crippen LogP contribution in [0.3, 0.4) is 0 Å². The summed E-state index contributed by atoms with van der Waals surface area (Å²) in [6.07, 6.45) is 0. The van der Waals surface area contributed by atoms with Crippen molar-refractivity contribution in [1.29, 1.82) is 0 Å². The molecule has 0 fully saturated rings. The third kappa shape index (κ3) is 3.74. The summed E-state index contributed by atoms with van der Waals surface area (Å²) < 4.78 is 0. The molecule has 0 atom stereocenters. The molecular formula is C14H8Cl4N2. The van der Waals surface area contributed by atoms with Crippen molar-refractivity contribution in [2.24, 2.45) is 10.2 Å². The molecule has 2 nitrogen and oxygen atoms in total. The molecule has 0 aliphatic rings. The van der Waals surface area contributed by atoms with E-state index in [4.69, 9.17) is 46.4 Å². The Labute approximate surface area is 136 Å². The van der Waals surface area contributed by atoms with Crippen LogP contribution >= 0.6 is 46.4 Å². The van der Waals surface area contributed by atoms with Gasteiger partial charge in [-0.05, 0) is 12.1 Å². The van der Waals surface area contributed by atoms with Crippen LogP contribution in [0.15, 0.2) is 58.7 Å². The number of rotatable bonds is 3. The summed E-state index contributed by atoms with van der Waals surface area (Å²) in [5.41, 5.74) is 1.17. The first-order valence-electron chi connectivity index (χ1n) is 5.56. The van der Waals surface area contributed by atoms with Gasteiger partial charge in [-0.15, -0.1) is 10.2 Å². The number of benzene rings is 2. The first-order valence-corrected chi connectivity index (χ1v) is 7.07. The van der Waals surface area contributed by atoms with Crippen LogP contribution in [-0.2, 0) is 0 Å². The van der Waals surface area contributed by atoms with Crippen LogP contribution in [0.25, 0.3) is 0 Å². The van der Waals surface area contributed by atoms with Crippen LogP contribution in [0.4, 0.5) is 0 Å². The van der Waals surface area contributed by atoms with Gasteiger partial charge < -0.3 is 0 Å². The average Bonchev–Trinajstić information content (AvgIpc) is 2.45. The maximum absolute atomic E-state index is 6.05. The van der Waals surface area contributed by atoms with E-state index in [1.165, 1.54) is 0 Å². The van der Waals surface area contributed by atoms with Crippen LogP contribution in [0.1, 0.15) is 11.1 Å². The standard InChI is InChI=1S/C14H8Cl4N2/c15-11-7-3-1-5-9(11)13(17)19-20-14(18)10-6-2-4-8-12(10)16/h1-8H/b19-13-,20-14-. The molecule has 2 rings (SSSR count). The van der Waals surface area contributed by atoms with Crippen molar-refractivity contribution in [3.8, 4) is 0 Å². The molecule has 0 aliphatic heterocycles. The first-order chi connectivity index (χ1) is 9.59. The Kier molecular flexibility index (Phi) is 5.44. The van der Waals surface area contributed by atoms with Gasteiger partial charge in [0.1, 0.15) is 0 Å². The van der Waals surface area contributed by atoms with E-state index in [0.717, 1.165) is 0 Å². The number of halogens is 4. The predicted molar refractivity (Wildman–Crippen MR) is 87.7 cm³/mol. The van der Waals surface area contributed by atoms with Gasteiger partial charge in [-0.2, -0.15) is 0 Å². The normalized spacial score (nSPS) is 12.6. The minimum Gasteiger partial charge on any atom is -0.136 e. The van der Waals surface area contributed by atoms with Gasteiger partial charge in [0.25, 0.3) is 0 Å². The number of nitrogens with zero attached hydrogens (tertiary/aromatic N) is 2.